The molecule has 0 spiro atoms. The highest BCUT2D eigenvalue weighted by Crippen LogP contribution is 2.26. The lowest BCUT2D eigenvalue weighted by Crippen LogP contribution is -2.51. The van der Waals surface area contributed by atoms with Crippen molar-refractivity contribution in [2.45, 2.75) is 13.0 Å². The van der Waals surface area contributed by atoms with Gasteiger partial charge in [0.05, 0.1) is 10.6 Å². The van der Waals surface area contributed by atoms with Gasteiger partial charge in [0.15, 0.2) is 5.82 Å². The topological polar surface area (TPSA) is 63.1 Å². The molecule has 0 aliphatic carbocycles. The number of hydrogen-bond donors (Lipinski definition) is 1. The van der Waals surface area contributed by atoms with Gasteiger partial charge in [0.1, 0.15) is 5.82 Å². The van der Waals surface area contributed by atoms with Crippen LogP contribution >= 0.6 is 11.3 Å². The van der Waals surface area contributed by atoms with E-state index in [1.807, 2.05) is 24.4 Å². The zero-order valence-electron chi connectivity index (χ0n) is 14.2. The largest absolute Gasteiger partial charge is 0.333 e. The molecule has 0 saturated carbocycles. The lowest BCUT2D eigenvalue weighted by atomic mass is 10.2. The molecule has 1 saturated heterocycles. The third kappa shape index (κ3) is 3.25. The molecule has 1 aliphatic rings. The number of carbonyl (C=O) groups excluding carboxylic acids is 1. The van der Waals surface area contributed by atoms with Crippen LogP contribution in [0.1, 0.15) is 17.5 Å². The van der Waals surface area contributed by atoms with Crippen LogP contribution in [0.4, 0.5) is 4.39 Å². The molecule has 1 N–H and O–H groups in total. The van der Waals surface area contributed by atoms with Crippen LogP contribution < -0.4 is 5.32 Å². The number of carbonyl (C=O) groups is 1. The van der Waals surface area contributed by atoms with Gasteiger partial charge in [0, 0.05) is 25.7 Å². The predicted molar refractivity (Wildman–Crippen MR) is 98.0 cm³/mol. The fourth-order valence-corrected chi connectivity index (χ4v) is 3.69. The van der Waals surface area contributed by atoms with Gasteiger partial charge >= 0.3 is 0 Å². The third-order valence-corrected chi connectivity index (χ3v) is 5.13. The van der Waals surface area contributed by atoms with Gasteiger partial charge in [0.25, 0.3) is 5.91 Å². The van der Waals surface area contributed by atoms with E-state index in [0.29, 0.717) is 24.6 Å². The Labute approximate surface area is 154 Å². The molecule has 3 aromatic rings. The van der Waals surface area contributed by atoms with Crippen molar-refractivity contribution in [3.8, 4) is 16.4 Å². The van der Waals surface area contributed by atoms with Crippen LogP contribution in [0.2, 0.25) is 0 Å². The van der Waals surface area contributed by atoms with Crippen molar-refractivity contribution in [3.63, 3.8) is 0 Å². The van der Waals surface area contributed by atoms with Gasteiger partial charge in [-0.15, -0.1) is 16.4 Å². The summed E-state index contributed by atoms with van der Waals surface area (Å²) in [4.78, 5) is 20.0. The zero-order valence-corrected chi connectivity index (χ0v) is 15.0. The first-order valence-corrected chi connectivity index (χ1v) is 9.29. The Morgan fingerprint density at radius 1 is 1.31 bits per heavy atom. The van der Waals surface area contributed by atoms with Crippen LogP contribution in [0.3, 0.4) is 0 Å². The van der Waals surface area contributed by atoms with E-state index in [2.05, 4.69) is 15.4 Å². The number of nitrogens with one attached hydrogen (secondary N) is 1. The number of nitrogens with zero attached hydrogens (tertiary/aromatic N) is 4. The maximum absolute atomic E-state index is 13.3. The maximum atomic E-state index is 13.3. The van der Waals surface area contributed by atoms with Gasteiger partial charge in [-0.3, -0.25) is 4.79 Å². The minimum atomic E-state index is -0.322. The van der Waals surface area contributed by atoms with Gasteiger partial charge < -0.3 is 10.2 Å². The first-order valence-electron chi connectivity index (χ1n) is 8.41. The molecule has 1 atom stereocenters. The highest BCUT2D eigenvalue weighted by molar-refractivity contribution is 7.13. The summed E-state index contributed by atoms with van der Waals surface area (Å²) in [6.07, 6.45) is 0. The average molecular weight is 371 g/mol. The molecule has 0 radical (unpaired) electrons. The molecule has 1 fully saturated rings. The molecule has 2 aromatic heterocycles. The Morgan fingerprint density at radius 3 is 2.81 bits per heavy atom. The Kier molecular flexibility index (Phi) is 4.52. The van der Waals surface area contributed by atoms with E-state index in [1.165, 1.54) is 23.5 Å². The predicted octanol–water partition coefficient (Wildman–Crippen LogP) is 2.57. The fourth-order valence-electron chi connectivity index (χ4n) is 2.99. The van der Waals surface area contributed by atoms with Crippen LogP contribution in [0.15, 0.2) is 41.8 Å². The minimum absolute atomic E-state index is 0.159. The first-order chi connectivity index (χ1) is 12.6. The molecule has 134 valence electrons. The molecule has 4 rings (SSSR count). The molecule has 26 heavy (non-hydrogen) atoms. The third-order valence-electron chi connectivity index (χ3n) is 4.27. The number of rotatable bonds is 3. The van der Waals surface area contributed by atoms with Gasteiger partial charge in [-0.1, -0.05) is 6.07 Å². The molecule has 8 heteroatoms. The monoisotopic (exact) mass is 371 g/mol. The summed E-state index contributed by atoms with van der Waals surface area (Å²) in [5.41, 5.74) is 0.662. The Balaban J connectivity index is 1.74. The lowest BCUT2D eigenvalue weighted by molar-refractivity contribution is 0.0697. The highest BCUT2D eigenvalue weighted by atomic mass is 32.1. The van der Waals surface area contributed by atoms with E-state index >= 15 is 0 Å². The summed E-state index contributed by atoms with van der Waals surface area (Å²) in [5.74, 6) is 0.236. The van der Waals surface area contributed by atoms with Gasteiger partial charge in [0.2, 0.25) is 5.82 Å². The maximum Gasteiger partial charge on any atom is 0.293 e. The highest BCUT2D eigenvalue weighted by Gasteiger charge is 2.26. The average Bonchev–Trinajstić information content (AvgIpc) is 3.31. The fraction of sp³-hybridized carbons (Fsp3) is 0.278. The standard InChI is InChI=1S/C18H18FN5OS/c1-12-11-23(9-8-20-12)18(25)16-21-17(15-3-2-10-26-15)24(22-16)14-6-4-13(19)5-7-14/h2-7,10,12,20H,8-9,11H2,1H3. The molecule has 1 aromatic carbocycles. The van der Waals surface area contributed by atoms with E-state index in [4.69, 9.17) is 0 Å². The normalized spacial score (nSPS) is 17.5. The molecule has 1 unspecified atom stereocenters. The zero-order chi connectivity index (χ0) is 18.1. The lowest BCUT2D eigenvalue weighted by Gasteiger charge is -2.30. The first kappa shape index (κ1) is 16.9. The van der Waals surface area contributed by atoms with Crippen LogP contribution in [-0.4, -0.2) is 51.2 Å². The smallest absolute Gasteiger partial charge is 0.293 e. The van der Waals surface area contributed by atoms with E-state index in [-0.39, 0.29) is 23.6 Å². The van der Waals surface area contributed by atoms with E-state index in [9.17, 15) is 9.18 Å². The van der Waals surface area contributed by atoms with E-state index in [0.717, 1.165) is 11.4 Å². The number of thiophene rings is 1. The van der Waals surface area contributed by atoms with Crippen LogP contribution in [0.25, 0.3) is 16.4 Å². The van der Waals surface area contributed by atoms with Crippen molar-refractivity contribution >= 4 is 17.2 Å². The Morgan fingerprint density at radius 2 is 2.12 bits per heavy atom. The number of piperazine rings is 1. The quantitative estimate of drug-likeness (QED) is 0.769. The van der Waals surface area contributed by atoms with Gasteiger partial charge in [-0.25, -0.2) is 14.1 Å². The second-order valence-electron chi connectivity index (χ2n) is 6.23. The van der Waals surface area contributed by atoms with Crippen molar-refractivity contribution in [2.75, 3.05) is 19.6 Å². The van der Waals surface area contributed by atoms with Crippen LogP contribution in [0.5, 0.6) is 0 Å². The summed E-state index contributed by atoms with van der Waals surface area (Å²) in [6.45, 7) is 4.05. The van der Waals surface area contributed by atoms with Crippen molar-refractivity contribution in [2.24, 2.45) is 0 Å². The number of halogens is 1. The van der Waals surface area contributed by atoms with Crippen molar-refractivity contribution < 1.29 is 9.18 Å². The van der Waals surface area contributed by atoms with Crippen molar-refractivity contribution in [3.05, 3.63) is 53.4 Å². The van der Waals surface area contributed by atoms with E-state index < -0.39 is 0 Å². The van der Waals surface area contributed by atoms with Gasteiger partial charge in [-0.05, 0) is 42.6 Å². The van der Waals surface area contributed by atoms with Crippen LogP contribution in [0, 0.1) is 5.82 Å². The van der Waals surface area contributed by atoms with Gasteiger partial charge in [-0.2, -0.15) is 0 Å². The van der Waals surface area contributed by atoms with Crippen LogP contribution in [-0.2, 0) is 0 Å². The summed E-state index contributed by atoms with van der Waals surface area (Å²) in [6, 6.07) is 10.1. The number of hydrogen-bond acceptors (Lipinski definition) is 5. The Bertz CT molecular complexity index is 906. The summed E-state index contributed by atoms with van der Waals surface area (Å²) < 4.78 is 14.9. The molecule has 1 amide bonds. The summed E-state index contributed by atoms with van der Waals surface area (Å²) in [7, 11) is 0. The molecular formula is C18H18FN5OS. The molecule has 6 nitrogen and oxygen atoms in total. The second-order valence-corrected chi connectivity index (χ2v) is 7.18. The SMILES string of the molecule is CC1CN(C(=O)c2nc(-c3cccs3)n(-c3ccc(F)cc3)n2)CCN1. The number of amides is 1. The molecule has 0 bridgehead atoms. The number of benzene rings is 1. The van der Waals surface area contributed by atoms with Crippen molar-refractivity contribution in [1.29, 1.82) is 0 Å². The Hall–Kier alpha value is -2.58. The molecular weight excluding hydrogens is 353 g/mol. The minimum Gasteiger partial charge on any atom is -0.333 e. The summed E-state index contributed by atoms with van der Waals surface area (Å²) in [5, 5.41) is 9.70. The summed E-state index contributed by atoms with van der Waals surface area (Å²) >= 11 is 1.52. The second kappa shape index (κ2) is 6.97. The number of aromatic nitrogens is 3. The van der Waals surface area contributed by atoms with E-state index in [1.54, 1.807) is 21.7 Å². The van der Waals surface area contributed by atoms with Crippen molar-refractivity contribution in [1.82, 2.24) is 25.0 Å². The molecule has 3 heterocycles. The molecule has 1 aliphatic heterocycles.